The maximum atomic E-state index is 14.5. The van der Waals surface area contributed by atoms with Crippen molar-refractivity contribution in [3.63, 3.8) is 0 Å². The van der Waals surface area contributed by atoms with Crippen LogP contribution in [0.15, 0.2) is 35.2 Å². The molecule has 10 heteroatoms. The van der Waals surface area contributed by atoms with Crippen LogP contribution < -0.4 is 0 Å². The van der Waals surface area contributed by atoms with Crippen molar-refractivity contribution in [1.29, 1.82) is 0 Å². The predicted molar refractivity (Wildman–Crippen MR) is 103 cm³/mol. The summed E-state index contributed by atoms with van der Waals surface area (Å²) in [7, 11) is 0. The van der Waals surface area contributed by atoms with Gasteiger partial charge in [0, 0.05) is 25.8 Å². The quantitative estimate of drug-likeness (QED) is 0.445. The Hall–Kier alpha value is -3.14. The van der Waals surface area contributed by atoms with Crippen LogP contribution in [0.4, 0.5) is 4.39 Å². The van der Waals surface area contributed by atoms with E-state index < -0.39 is 23.5 Å². The number of nitrogens with one attached hydrogen (secondary N) is 1. The number of rotatable bonds is 1. The molecule has 0 saturated carbocycles. The lowest BCUT2D eigenvalue weighted by Crippen LogP contribution is -2.56. The van der Waals surface area contributed by atoms with E-state index in [2.05, 4.69) is 30.9 Å². The Kier molecular flexibility index (Phi) is 3.98. The van der Waals surface area contributed by atoms with Crippen molar-refractivity contribution in [3.05, 3.63) is 58.0 Å². The lowest BCUT2D eigenvalue weighted by Gasteiger charge is -2.42. The molecule has 2 amide bonds. The number of amides is 2. The first-order valence-corrected chi connectivity index (χ1v) is 9.68. The average molecular weight is 458 g/mol. The lowest BCUT2D eigenvalue weighted by atomic mass is 9.93. The SMILES string of the molecule is O=C1C(=O)N2CCN(C(=O)c3ccccn3)CC2c2[nH]c3c(Br)ncc(F)c3c21. The van der Waals surface area contributed by atoms with Crippen molar-refractivity contribution < 1.29 is 18.8 Å². The molecular weight excluding hydrogens is 445 g/mol. The number of hydrogen-bond donors (Lipinski definition) is 1. The summed E-state index contributed by atoms with van der Waals surface area (Å²) < 4.78 is 14.8. The van der Waals surface area contributed by atoms with Gasteiger partial charge in [0.2, 0.25) is 0 Å². The first-order chi connectivity index (χ1) is 14.0. The van der Waals surface area contributed by atoms with E-state index >= 15 is 0 Å². The zero-order valence-electron chi connectivity index (χ0n) is 14.9. The molecule has 0 aromatic carbocycles. The van der Waals surface area contributed by atoms with Gasteiger partial charge >= 0.3 is 0 Å². The number of fused-ring (bicyclic) bond motifs is 5. The van der Waals surface area contributed by atoms with E-state index in [9.17, 15) is 18.8 Å². The summed E-state index contributed by atoms with van der Waals surface area (Å²) in [4.78, 5) is 52.3. The zero-order chi connectivity index (χ0) is 20.3. The average Bonchev–Trinajstić information content (AvgIpc) is 3.17. The van der Waals surface area contributed by atoms with Crippen molar-refractivity contribution in [1.82, 2.24) is 24.8 Å². The Morgan fingerprint density at radius 1 is 1.24 bits per heavy atom. The zero-order valence-corrected chi connectivity index (χ0v) is 16.4. The summed E-state index contributed by atoms with van der Waals surface area (Å²) in [6.07, 6.45) is 2.54. The van der Waals surface area contributed by atoms with Crippen LogP contribution in [0.5, 0.6) is 0 Å². The molecule has 1 saturated heterocycles. The van der Waals surface area contributed by atoms with Gasteiger partial charge in [-0.05, 0) is 28.1 Å². The van der Waals surface area contributed by atoms with Crippen molar-refractivity contribution in [2.24, 2.45) is 0 Å². The van der Waals surface area contributed by atoms with E-state index in [1.54, 1.807) is 23.1 Å². The van der Waals surface area contributed by atoms with E-state index in [1.165, 1.54) is 11.1 Å². The molecule has 3 aromatic heterocycles. The number of carbonyl (C=O) groups excluding carboxylic acids is 3. The number of hydrogen-bond acceptors (Lipinski definition) is 5. The van der Waals surface area contributed by atoms with E-state index in [0.717, 1.165) is 6.20 Å². The fraction of sp³-hybridized carbons (Fsp3) is 0.211. The second kappa shape index (κ2) is 6.45. The van der Waals surface area contributed by atoms with Crippen LogP contribution in [-0.2, 0) is 4.79 Å². The maximum Gasteiger partial charge on any atom is 0.295 e. The number of H-pyrrole nitrogens is 1. The molecule has 1 N–H and O–H groups in total. The fourth-order valence-electron chi connectivity index (χ4n) is 3.99. The third kappa shape index (κ3) is 2.59. The van der Waals surface area contributed by atoms with Crippen molar-refractivity contribution in [2.45, 2.75) is 6.04 Å². The highest BCUT2D eigenvalue weighted by molar-refractivity contribution is 9.10. The van der Waals surface area contributed by atoms with Crippen molar-refractivity contribution in [2.75, 3.05) is 19.6 Å². The molecule has 2 aliphatic heterocycles. The van der Waals surface area contributed by atoms with E-state index in [4.69, 9.17) is 0 Å². The molecule has 0 bridgehead atoms. The molecule has 0 aliphatic carbocycles. The minimum absolute atomic E-state index is 0.0129. The summed E-state index contributed by atoms with van der Waals surface area (Å²) >= 11 is 3.25. The van der Waals surface area contributed by atoms with Crippen LogP contribution in [0.25, 0.3) is 10.9 Å². The molecule has 0 spiro atoms. The Labute approximate surface area is 171 Å². The van der Waals surface area contributed by atoms with Crippen LogP contribution >= 0.6 is 15.9 Å². The molecule has 1 atom stereocenters. The Morgan fingerprint density at radius 2 is 2.07 bits per heavy atom. The molecule has 1 unspecified atom stereocenters. The highest BCUT2D eigenvalue weighted by Crippen LogP contribution is 2.39. The third-order valence-corrected chi connectivity index (χ3v) is 5.93. The Morgan fingerprint density at radius 3 is 2.83 bits per heavy atom. The maximum absolute atomic E-state index is 14.5. The number of aromatic nitrogens is 3. The van der Waals surface area contributed by atoms with Crippen LogP contribution in [0.3, 0.4) is 0 Å². The van der Waals surface area contributed by atoms with Gasteiger partial charge in [0.15, 0.2) is 5.82 Å². The number of aromatic amines is 1. The molecule has 2 aliphatic rings. The second-order valence-corrected chi connectivity index (χ2v) is 7.62. The van der Waals surface area contributed by atoms with Gasteiger partial charge in [-0.2, -0.15) is 0 Å². The second-order valence-electron chi connectivity index (χ2n) is 6.87. The first-order valence-electron chi connectivity index (χ1n) is 8.88. The summed E-state index contributed by atoms with van der Waals surface area (Å²) in [5, 5.41) is 0.0352. The number of halogens is 2. The van der Waals surface area contributed by atoms with Gasteiger partial charge in [-0.25, -0.2) is 9.37 Å². The highest BCUT2D eigenvalue weighted by atomic mass is 79.9. The minimum Gasteiger partial charge on any atom is -0.354 e. The smallest absolute Gasteiger partial charge is 0.295 e. The van der Waals surface area contributed by atoms with Gasteiger partial charge in [-0.15, -0.1) is 0 Å². The predicted octanol–water partition coefficient (Wildman–Crippen LogP) is 2.08. The van der Waals surface area contributed by atoms with E-state index in [0.29, 0.717) is 21.5 Å². The summed E-state index contributed by atoms with van der Waals surface area (Å²) in [5.74, 6) is -2.40. The summed E-state index contributed by atoms with van der Waals surface area (Å²) in [6.45, 7) is 0.644. The third-order valence-electron chi connectivity index (χ3n) is 5.33. The highest BCUT2D eigenvalue weighted by Gasteiger charge is 2.45. The monoisotopic (exact) mass is 457 g/mol. The van der Waals surface area contributed by atoms with Gasteiger partial charge in [-0.3, -0.25) is 19.4 Å². The molecule has 0 radical (unpaired) electrons. The number of Topliss-reactive ketones (excluding diaryl/α,β-unsaturated/α-hetero) is 1. The molecule has 29 heavy (non-hydrogen) atoms. The van der Waals surface area contributed by atoms with Gasteiger partial charge in [0.1, 0.15) is 10.3 Å². The molecule has 146 valence electrons. The Bertz CT molecular complexity index is 1200. The first kappa shape index (κ1) is 17.9. The minimum atomic E-state index is -0.760. The fourth-order valence-corrected chi connectivity index (χ4v) is 4.39. The number of pyridine rings is 2. The number of ketones is 1. The molecule has 1 fully saturated rings. The standard InChI is InChI=1S/C19H13BrFN5O3/c20-17-15-12(9(21)7-23-17)13-14(24-15)11-8-25(5-6-26(11)19(29)16(13)27)18(28)10-3-1-2-4-22-10/h1-4,7,11,24H,5-6,8H2. The van der Waals surface area contributed by atoms with Crippen LogP contribution in [-0.4, -0.2) is 62.0 Å². The van der Waals surface area contributed by atoms with Crippen LogP contribution in [0, 0.1) is 5.82 Å². The molecule has 5 rings (SSSR count). The van der Waals surface area contributed by atoms with Gasteiger partial charge < -0.3 is 14.8 Å². The van der Waals surface area contributed by atoms with E-state index in [1.807, 2.05) is 0 Å². The molecule has 3 aromatic rings. The van der Waals surface area contributed by atoms with Crippen LogP contribution in [0.1, 0.15) is 32.6 Å². The van der Waals surface area contributed by atoms with E-state index in [-0.39, 0.29) is 36.5 Å². The van der Waals surface area contributed by atoms with Gasteiger partial charge in [-0.1, -0.05) is 6.07 Å². The summed E-state index contributed by atoms with van der Waals surface area (Å²) in [6, 6.07) is 4.48. The lowest BCUT2D eigenvalue weighted by molar-refractivity contribution is -0.131. The Balaban J connectivity index is 1.61. The normalized spacial score (nSPS) is 18.8. The topological polar surface area (TPSA) is 99.3 Å². The number of carbonyl (C=O) groups is 3. The number of piperazine rings is 1. The summed E-state index contributed by atoms with van der Waals surface area (Å²) in [5.41, 5.74) is 1.04. The van der Waals surface area contributed by atoms with Crippen molar-refractivity contribution in [3.8, 4) is 0 Å². The van der Waals surface area contributed by atoms with Crippen LogP contribution in [0.2, 0.25) is 0 Å². The van der Waals surface area contributed by atoms with Gasteiger partial charge in [0.05, 0.1) is 34.4 Å². The number of nitrogens with zero attached hydrogens (tertiary/aromatic N) is 4. The molecule has 5 heterocycles. The molecule has 8 nitrogen and oxygen atoms in total. The van der Waals surface area contributed by atoms with Gasteiger partial charge in [0.25, 0.3) is 17.6 Å². The van der Waals surface area contributed by atoms with Crippen molar-refractivity contribution >= 4 is 44.4 Å². The molecular formula is C19H13BrFN5O3. The largest absolute Gasteiger partial charge is 0.354 e.